The van der Waals surface area contributed by atoms with Gasteiger partial charge in [0.1, 0.15) is 10.6 Å². The fourth-order valence-electron chi connectivity index (χ4n) is 1.96. The Morgan fingerprint density at radius 2 is 1.90 bits per heavy atom. The molecule has 0 spiro atoms. The number of ether oxygens (including phenoxy) is 1. The highest BCUT2D eigenvalue weighted by Gasteiger charge is 2.23. The van der Waals surface area contributed by atoms with Gasteiger partial charge in [-0.25, -0.2) is 8.42 Å². The quantitative estimate of drug-likeness (QED) is 0.905. The maximum atomic E-state index is 12.6. The standard InChI is InChI=1S/C14H18N2O4S/c1-15-9-14(8-12(15)10-17)21(18,19)16(2)11-4-6-13(20-3)7-5-11/h4-9,17H,10H2,1-3H3. The van der Waals surface area contributed by atoms with Crippen molar-refractivity contribution in [2.75, 3.05) is 18.5 Å². The van der Waals surface area contributed by atoms with Crippen LogP contribution in [0.4, 0.5) is 5.69 Å². The van der Waals surface area contributed by atoms with Crippen molar-refractivity contribution in [2.45, 2.75) is 11.5 Å². The van der Waals surface area contributed by atoms with Gasteiger partial charge in [0.2, 0.25) is 0 Å². The third-order valence-electron chi connectivity index (χ3n) is 3.34. The van der Waals surface area contributed by atoms with E-state index in [2.05, 4.69) is 0 Å². The number of anilines is 1. The van der Waals surface area contributed by atoms with Crippen molar-refractivity contribution < 1.29 is 18.3 Å². The summed E-state index contributed by atoms with van der Waals surface area (Å²) in [6.45, 7) is -0.210. The van der Waals surface area contributed by atoms with Gasteiger partial charge < -0.3 is 14.4 Å². The zero-order chi connectivity index (χ0) is 15.6. The molecule has 0 unspecified atom stereocenters. The van der Waals surface area contributed by atoms with Gasteiger partial charge in [0.15, 0.2) is 0 Å². The third-order valence-corrected chi connectivity index (χ3v) is 5.09. The number of benzene rings is 1. The zero-order valence-electron chi connectivity index (χ0n) is 12.1. The van der Waals surface area contributed by atoms with Gasteiger partial charge in [-0.3, -0.25) is 4.31 Å². The van der Waals surface area contributed by atoms with Crippen LogP contribution in [0.2, 0.25) is 0 Å². The number of aliphatic hydroxyl groups excluding tert-OH is 1. The highest BCUT2D eigenvalue weighted by Crippen LogP contribution is 2.25. The molecule has 0 fully saturated rings. The van der Waals surface area contributed by atoms with Crippen molar-refractivity contribution in [3.63, 3.8) is 0 Å². The van der Waals surface area contributed by atoms with Gasteiger partial charge >= 0.3 is 0 Å². The predicted octanol–water partition coefficient (Wildman–Crippen LogP) is 1.35. The second-order valence-electron chi connectivity index (χ2n) is 4.61. The molecule has 1 aromatic heterocycles. The van der Waals surface area contributed by atoms with E-state index in [1.165, 1.54) is 23.6 Å². The number of aryl methyl sites for hydroxylation is 1. The normalized spacial score (nSPS) is 11.4. The Balaban J connectivity index is 2.36. The molecule has 0 aliphatic heterocycles. The smallest absolute Gasteiger partial charge is 0.265 e. The maximum absolute atomic E-state index is 12.6. The minimum atomic E-state index is -3.66. The summed E-state index contributed by atoms with van der Waals surface area (Å²) in [7, 11) is 1.07. The summed E-state index contributed by atoms with van der Waals surface area (Å²) < 4.78 is 33.0. The van der Waals surface area contributed by atoms with Crippen LogP contribution < -0.4 is 9.04 Å². The molecule has 21 heavy (non-hydrogen) atoms. The first kappa shape index (κ1) is 15.4. The van der Waals surface area contributed by atoms with E-state index in [1.807, 2.05) is 0 Å². The van der Waals surface area contributed by atoms with Crippen molar-refractivity contribution in [3.05, 3.63) is 42.2 Å². The Labute approximate surface area is 124 Å². The van der Waals surface area contributed by atoms with E-state index in [0.29, 0.717) is 17.1 Å². The van der Waals surface area contributed by atoms with E-state index < -0.39 is 10.0 Å². The first-order valence-electron chi connectivity index (χ1n) is 6.29. The molecule has 0 bridgehead atoms. The molecule has 0 atom stereocenters. The third kappa shape index (κ3) is 2.88. The first-order chi connectivity index (χ1) is 9.90. The molecule has 114 valence electrons. The SMILES string of the molecule is COc1ccc(N(C)S(=O)(=O)c2cc(CO)n(C)c2)cc1. The summed E-state index contributed by atoms with van der Waals surface area (Å²) >= 11 is 0. The van der Waals surface area contributed by atoms with Gasteiger partial charge in [-0.15, -0.1) is 0 Å². The second kappa shape index (κ2) is 5.79. The Morgan fingerprint density at radius 1 is 1.29 bits per heavy atom. The lowest BCUT2D eigenvalue weighted by atomic mass is 10.3. The topological polar surface area (TPSA) is 71.8 Å². The Kier molecular flexibility index (Phi) is 4.24. The summed E-state index contributed by atoms with van der Waals surface area (Å²) in [5.74, 6) is 0.659. The van der Waals surface area contributed by atoms with Crippen LogP contribution in [0, 0.1) is 0 Å². The van der Waals surface area contributed by atoms with Crippen LogP contribution in [0.15, 0.2) is 41.4 Å². The molecule has 0 aliphatic carbocycles. The maximum Gasteiger partial charge on any atom is 0.265 e. The number of sulfonamides is 1. The van der Waals surface area contributed by atoms with Crippen molar-refractivity contribution >= 4 is 15.7 Å². The lowest BCUT2D eigenvalue weighted by Gasteiger charge is -2.18. The molecule has 2 aromatic rings. The highest BCUT2D eigenvalue weighted by molar-refractivity contribution is 7.92. The van der Waals surface area contributed by atoms with E-state index in [9.17, 15) is 8.42 Å². The molecular formula is C14H18N2O4S. The number of hydrogen-bond acceptors (Lipinski definition) is 4. The van der Waals surface area contributed by atoms with E-state index >= 15 is 0 Å². The number of hydrogen-bond donors (Lipinski definition) is 1. The number of aliphatic hydroxyl groups is 1. The second-order valence-corrected chi connectivity index (χ2v) is 6.58. The van der Waals surface area contributed by atoms with Gasteiger partial charge in [-0.1, -0.05) is 0 Å². The minimum Gasteiger partial charge on any atom is -0.497 e. The molecule has 0 saturated carbocycles. The van der Waals surface area contributed by atoms with Gasteiger partial charge in [0.25, 0.3) is 10.0 Å². The minimum absolute atomic E-state index is 0.146. The molecule has 0 aliphatic rings. The summed E-state index contributed by atoms with van der Waals surface area (Å²) in [6, 6.07) is 8.21. The number of methoxy groups -OCH3 is 1. The largest absolute Gasteiger partial charge is 0.497 e. The first-order valence-corrected chi connectivity index (χ1v) is 7.73. The molecular weight excluding hydrogens is 292 g/mol. The molecule has 0 radical (unpaired) electrons. The van der Waals surface area contributed by atoms with Crippen LogP contribution in [-0.4, -0.2) is 32.2 Å². The van der Waals surface area contributed by atoms with Crippen LogP contribution in [0.5, 0.6) is 5.75 Å². The van der Waals surface area contributed by atoms with Crippen molar-refractivity contribution in [2.24, 2.45) is 7.05 Å². The molecule has 1 N–H and O–H groups in total. The van der Waals surface area contributed by atoms with E-state index in [0.717, 1.165) is 0 Å². The van der Waals surface area contributed by atoms with Crippen LogP contribution >= 0.6 is 0 Å². The average Bonchev–Trinajstić information content (AvgIpc) is 2.88. The average molecular weight is 310 g/mol. The summed E-state index contributed by atoms with van der Waals surface area (Å²) in [5.41, 5.74) is 1.07. The van der Waals surface area contributed by atoms with Crippen LogP contribution in [0.1, 0.15) is 5.69 Å². The van der Waals surface area contributed by atoms with Crippen molar-refractivity contribution in [1.29, 1.82) is 0 Å². The monoisotopic (exact) mass is 310 g/mol. The molecule has 0 saturated heterocycles. The molecule has 1 heterocycles. The van der Waals surface area contributed by atoms with Gasteiger partial charge in [-0.05, 0) is 30.3 Å². The highest BCUT2D eigenvalue weighted by atomic mass is 32.2. The van der Waals surface area contributed by atoms with Crippen molar-refractivity contribution in [3.8, 4) is 5.75 Å². The fraction of sp³-hybridized carbons (Fsp3) is 0.286. The summed E-state index contributed by atoms with van der Waals surface area (Å²) in [4.78, 5) is 0.146. The van der Waals surface area contributed by atoms with Crippen LogP contribution in [0.3, 0.4) is 0 Å². The number of rotatable bonds is 5. The number of aromatic nitrogens is 1. The number of nitrogens with zero attached hydrogens (tertiary/aromatic N) is 2. The van der Waals surface area contributed by atoms with E-state index in [-0.39, 0.29) is 11.5 Å². The molecule has 0 amide bonds. The van der Waals surface area contributed by atoms with Crippen LogP contribution in [-0.2, 0) is 23.7 Å². The van der Waals surface area contributed by atoms with E-state index in [4.69, 9.17) is 9.84 Å². The molecule has 6 nitrogen and oxygen atoms in total. The lowest BCUT2D eigenvalue weighted by molar-refractivity contribution is 0.272. The Morgan fingerprint density at radius 3 is 2.38 bits per heavy atom. The Hall–Kier alpha value is -1.99. The van der Waals surface area contributed by atoms with Gasteiger partial charge in [0, 0.05) is 26.0 Å². The molecule has 2 rings (SSSR count). The predicted molar refractivity (Wildman–Crippen MR) is 79.9 cm³/mol. The molecule has 7 heteroatoms. The molecule has 1 aromatic carbocycles. The fourth-order valence-corrected chi connectivity index (χ4v) is 3.26. The lowest BCUT2D eigenvalue weighted by Crippen LogP contribution is -2.26. The summed E-state index contributed by atoms with van der Waals surface area (Å²) in [6.07, 6.45) is 1.49. The van der Waals surface area contributed by atoms with Crippen LogP contribution in [0.25, 0.3) is 0 Å². The van der Waals surface area contributed by atoms with Gasteiger partial charge in [0.05, 0.1) is 19.4 Å². The van der Waals surface area contributed by atoms with E-state index in [1.54, 1.807) is 43.0 Å². The van der Waals surface area contributed by atoms with Gasteiger partial charge in [-0.2, -0.15) is 0 Å². The summed E-state index contributed by atoms with van der Waals surface area (Å²) in [5, 5.41) is 9.17. The zero-order valence-corrected chi connectivity index (χ0v) is 13.0. The Bertz CT molecular complexity index is 720. The van der Waals surface area contributed by atoms with Crippen molar-refractivity contribution in [1.82, 2.24) is 4.57 Å².